The van der Waals surface area contributed by atoms with Gasteiger partial charge in [0, 0.05) is 37.3 Å². The van der Waals surface area contributed by atoms with Crippen molar-refractivity contribution in [2.24, 2.45) is 5.73 Å². The first-order valence-corrected chi connectivity index (χ1v) is 7.01. The highest BCUT2D eigenvalue weighted by Gasteiger charge is 2.29. The van der Waals surface area contributed by atoms with E-state index in [2.05, 4.69) is 23.9 Å². The summed E-state index contributed by atoms with van der Waals surface area (Å²) in [5, 5.41) is 0. The van der Waals surface area contributed by atoms with E-state index in [0.29, 0.717) is 12.6 Å². The van der Waals surface area contributed by atoms with Crippen molar-refractivity contribution in [1.29, 1.82) is 0 Å². The van der Waals surface area contributed by atoms with Gasteiger partial charge in [0.05, 0.1) is 0 Å². The molecule has 2 rings (SSSR count). The van der Waals surface area contributed by atoms with E-state index in [1.165, 1.54) is 12.1 Å². The predicted molar refractivity (Wildman–Crippen MR) is 76.9 cm³/mol. The van der Waals surface area contributed by atoms with E-state index < -0.39 is 6.43 Å². The molecule has 5 heteroatoms. The van der Waals surface area contributed by atoms with Gasteiger partial charge in [-0.15, -0.1) is 0 Å². The summed E-state index contributed by atoms with van der Waals surface area (Å²) >= 11 is 0. The topological polar surface area (TPSA) is 32.5 Å². The summed E-state index contributed by atoms with van der Waals surface area (Å²) in [5.41, 5.74) is 6.99. The van der Waals surface area contributed by atoms with Gasteiger partial charge in [0.25, 0.3) is 6.43 Å². The Labute approximate surface area is 119 Å². The van der Waals surface area contributed by atoms with Crippen LogP contribution in [0.25, 0.3) is 0 Å². The van der Waals surface area contributed by atoms with E-state index in [1.807, 2.05) is 0 Å². The quantitative estimate of drug-likeness (QED) is 0.899. The molecule has 112 valence electrons. The van der Waals surface area contributed by atoms with Gasteiger partial charge in [-0.2, -0.15) is 0 Å². The smallest absolute Gasteiger partial charge is 0.263 e. The van der Waals surface area contributed by atoms with Crippen LogP contribution in [0.1, 0.15) is 30.0 Å². The number of hydrogen-bond donors (Lipinski definition) is 1. The number of benzene rings is 1. The first-order valence-electron chi connectivity index (χ1n) is 7.01. The second kappa shape index (κ2) is 6.61. The molecule has 2 atom stereocenters. The molecule has 0 saturated carbocycles. The van der Waals surface area contributed by atoms with Gasteiger partial charge in [-0.25, -0.2) is 8.78 Å². The van der Waals surface area contributed by atoms with Crippen LogP contribution >= 0.6 is 0 Å². The Balaban J connectivity index is 2.08. The number of alkyl halides is 2. The van der Waals surface area contributed by atoms with Crippen molar-refractivity contribution < 1.29 is 8.78 Å². The summed E-state index contributed by atoms with van der Waals surface area (Å²) in [5.74, 6) is 0. The molecule has 0 bridgehead atoms. The van der Waals surface area contributed by atoms with Crippen molar-refractivity contribution in [3.05, 3.63) is 35.4 Å². The van der Waals surface area contributed by atoms with Gasteiger partial charge in [-0.05, 0) is 26.1 Å². The number of nitrogens with two attached hydrogens (primary N) is 1. The lowest BCUT2D eigenvalue weighted by molar-refractivity contribution is 0.151. The third-order valence-corrected chi connectivity index (χ3v) is 4.16. The predicted octanol–water partition coefficient (Wildman–Crippen LogP) is 2.26. The summed E-state index contributed by atoms with van der Waals surface area (Å²) in [6, 6.07) is 7.23. The van der Waals surface area contributed by atoms with Gasteiger partial charge in [0.15, 0.2) is 0 Å². The largest absolute Gasteiger partial charge is 0.329 e. The second-order valence-corrected chi connectivity index (χ2v) is 5.62. The molecule has 3 nitrogen and oxygen atoms in total. The van der Waals surface area contributed by atoms with E-state index in [0.717, 1.165) is 25.1 Å². The molecule has 1 fully saturated rings. The van der Waals surface area contributed by atoms with Crippen LogP contribution in [-0.2, 0) is 0 Å². The van der Waals surface area contributed by atoms with Crippen LogP contribution in [0.15, 0.2) is 24.3 Å². The Morgan fingerprint density at radius 3 is 2.30 bits per heavy atom. The fourth-order valence-electron chi connectivity index (χ4n) is 2.83. The van der Waals surface area contributed by atoms with Crippen LogP contribution in [0.3, 0.4) is 0 Å². The number of halogens is 2. The maximum absolute atomic E-state index is 12.6. The van der Waals surface area contributed by atoms with Gasteiger partial charge < -0.3 is 10.6 Å². The third kappa shape index (κ3) is 3.34. The average molecular weight is 283 g/mol. The lowest BCUT2D eigenvalue weighted by Gasteiger charge is -2.28. The monoisotopic (exact) mass is 283 g/mol. The Kier molecular flexibility index (Phi) is 5.07. The fourth-order valence-corrected chi connectivity index (χ4v) is 2.83. The molecule has 1 heterocycles. The lowest BCUT2D eigenvalue weighted by Crippen LogP contribution is -2.36. The highest BCUT2D eigenvalue weighted by atomic mass is 19.3. The van der Waals surface area contributed by atoms with Crippen molar-refractivity contribution in [3.8, 4) is 0 Å². The van der Waals surface area contributed by atoms with E-state index >= 15 is 0 Å². The molecule has 1 aliphatic heterocycles. The van der Waals surface area contributed by atoms with Gasteiger partial charge in [-0.1, -0.05) is 24.3 Å². The van der Waals surface area contributed by atoms with Crippen molar-refractivity contribution in [1.82, 2.24) is 9.80 Å². The second-order valence-electron chi connectivity index (χ2n) is 5.62. The van der Waals surface area contributed by atoms with Crippen LogP contribution in [0, 0.1) is 0 Å². The van der Waals surface area contributed by atoms with E-state index in [9.17, 15) is 8.78 Å². The average Bonchev–Trinajstić information content (AvgIpc) is 2.90. The number of hydrogen-bond acceptors (Lipinski definition) is 3. The summed E-state index contributed by atoms with van der Waals surface area (Å²) in [7, 11) is 4.17. The minimum atomic E-state index is -2.41. The zero-order valence-corrected chi connectivity index (χ0v) is 12.1. The van der Waals surface area contributed by atoms with Crippen LogP contribution in [0.5, 0.6) is 0 Å². The van der Waals surface area contributed by atoms with Gasteiger partial charge in [0.1, 0.15) is 0 Å². The molecule has 20 heavy (non-hydrogen) atoms. The SMILES string of the molecule is CN(C)C1CCN(C(CN)c2ccc(C(F)F)cc2)C1. The first-order chi connectivity index (χ1) is 9.52. The fraction of sp³-hybridized carbons (Fsp3) is 0.600. The molecule has 0 spiro atoms. The molecule has 1 aliphatic rings. The zero-order chi connectivity index (χ0) is 14.7. The number of likely N-dealkylation sites (N-methyl/N-ethyl adjacent to an activating group) is 1. The minimum Gasteiger partial charge on any atom is -0.329 e. The molecule has 2 unspecified atom stereocenters. The van der Waals surface area contributed by atoms with Crippen LogP contribution < -0.4 is 5.73 Å². The van der Waals surface area contributed by atoms with Gasteiger partial charge in [0.2, 0.25) is 0 Å². The molecule has 1 aromatic carbocycles. The molecule has 0 aliphatic carbocycles. The molecule has 1 saturated heterocycles. The highest BCUT2D eigenvalue weighted by Crippen LogP contribution is 2.27. The number of nitrogens with zero attached hydrogens (tertiary/aromatic N) is 2. The van der Waals surface area contributed by atoms with Crippen LogP contribution in [0.2, 0.25) is 0 Å². The Morgan fingerprint density at radius 1 is 1.25 bits per heavy atom. The molecule has 0 aromatic heterocycles. The normalized spacial score (nSPS) is 21.9. The first kappa shape index (κ1) is 15.4. The highest BCUT2D eigenvalue weighted by molar-refractivity contribution is 5.26. The van der Waals surface area contributed by atoms with E-state index in [4.69, 9.17) is 5.73 Å². The Morgan fingerprint density at radius 2 is 1.85 bits per heavy atom. The zero-order valence-electron chi connectivity index (χ0n) is 12.1. The Bertz CT molecular complexity index is 420. The van der Waals surface area contributed by atoms with Crippen molar-refractivity contribution >= 4 is 0 Å². The summed E-state index contributed by atoms with van der Waals surface area (Å²) in [6.45, 7) is 2.49. The maximum atomic E-state index is 12.6. The van der Waals surface area contributed by atoms with Crippen molar-refractivity contribution in [3.63, 3.8) is 0 Å². The van der Waals surface area contributed by atoms with Crippen LogP contribution in [0.4, 0.5) is 8.78 Å². The number of likely N-dealkylation sites (tertiary alicyclic amines) is 1. The summed E-state index contributed by atoms with van der Waals surface area (Å²) < 4.78 is 25.2. The molecule has 2 N–H and O–H groups in total. The molecule has 0 amide bonds. The van der Waals surface area contributed by atoms with Crippen molar-refractivity contribution in [2.45, 2.75) is 24.9 Å². The minimum absolute atomic E-state index is 0.0668. The molecule has 1 aromatic rings. The summed E-state index contributed by atoms with van der Waals surface area (Å²) in [6.07, 6.45) is -1.29. The molecular weight excluding hydrogens is 260 g/mol. The lowest BCUT2D eigenvalue weighted by atomic mass is 10.0. The van der Waals surface area contributed by atoms with Crippen molar-refractivity contribution in [2.75, 3.05) is 33.7 Å². The van der Waals surface area contributed by atoms with E-state index in [-0.39, 0.29) is 11.6 Å². The Hall–Kier alpha value is -1.04. The third-order valence-electron chi connectivity index (χ3n) is 4.16. The van der Waals surface area contributed by atoms with Gasteiger partial charge in [-0.3, -0.25) is 4.90 Å². The van der Waals surface area contributed by atoms with E-state index in [1.54, 1.807) is 12.1 Å². The van der Waals surface area contributed by atoms with Gasteiger partial charge >= 0.3 is 0 Å². The standard InChI is InChI=1S/C15H23F2N3/c1-19(2)13-7-8-20(10-13)14(9-18)11-3-5-12(6-4-11)15(16)17/h3-6,13-15H,7-10,18H2,1-2H3. The summed E-state index contributed by atoms with van der Waals surface area (Å²) in [4.78, 5) is 4.58. The number of rotatable bonds is 5. The molecular formula is C15H23F2N3. The maximum Gasteiger partial charge on any atom is 0.263 e. The molecule has 0 radical (unpaired) electrons. The van der Waals surface area contributed by atoms with Crippen LogP contribution in [-0.4, -0.2) is 49.6 Å².